The van der Waals surface area contributed by atoms with Gasteiger partial charge in [0.25, 0.3) is 0 Å². The molecule has 1 aromatic carbocycles. The monoisotopic (exact) mass is 174 g/mol. The summed E-state index contributed by atoms with van der Waals surface area (Å²) >= 11 is 0. The summed E-state index contributed by atoms with van der Waals surface area (Å²) in [5.74, 6) is 0.139. The minimum Gasteiger partial charge on any atom is -0.295 e. The lowest BCUT2D eigenvalue weighted by atomic mass is 10.0. The highest BCUT2D eigenvalue weighted by Crippen LogP contribution is 2.10. The second kappa shape index (κ2) is 4.61. The molecule has 0 amide bonds. The number of Topliss-reactive ketones (excluding diaryl/α,β-unsaturated/α-hetero) is 1. The van der Waals surface area contributed by atoms with E-state index < -0.39 is 0 Å². The lowest BCUT2D eigenvalue weighted by molar-refractivity contribution is 0.101. The van der Waals surface area contributed by atoms with Gasteiger partial charge in [-0.05, 0) is 25.8 Å². The van der Waals surface area contributed by atoms with Gasteiger partial charge in [0.2, 0.25) is 0 Å². The summed E-state index contributed by atoms with van der Waals surface area (Å²) in [5.41, 5.74) is 1.94. The summed E-state index contributed by atoms with van der Waals surface area (Å²) in [6.45, 7) is 3.59. The Morgan fingerprint density at radius 3 is 2.69 bits per heavy atom. The Morgan fingerprint density at radius 2 is 2.08 bits per heavy atom. The quantitative estimate of drug-likeness (QED) is 0.508. The summed E-state index contributed by atoms with van der Waals surface area (Å²) in [6.07, 6.45) is 4.89. The Hall–Kier alpha value is -1.37. The lowest BCUT2D eigenvalue weighted by Crippen LogP contribution is -1.97. The van der Waals surface area contributed by atoms with Crippen molar-refractivity contribution >= 4 is 5.78 Å². The highest BCUT2D eigenvalue weighted by Gasteiger charge is 2.03. The SMILES string of the molecule is CC=CCc1ccccc1C(C)=O. The van der Waals surface area contributed by atoms with Crippen LogP contribution in [0.5, 0.6) is 0 Å². The third kappa shape index (κ3) is 2.55. The zero-order valence-corrected chi connectivity index (χ0v) is 8.08. The second-order valence-corrected chi connectivity index (χ2v) is 2.99. The molecule has 0 heterocycles. The Bertz CT molecular complexity index is 324. The van der Waals surface area contributed by atoms with E-state index in [0.29, 0.717) is 0 Å². The molecule has 0 bridgehead atoms. The molecule has 0 N–H and O–H groups in total. The normalized spacial score (nSPS) is 10.6. The van der Waals surface area contributed by atoms with Crippen LogP contribution in [0, 0.1) is 0 Å². The van der Waals surface area contributed by atoms with Gasteiger partial charge in [0.15, 0.2) is 5.78 Å². The molecule has 1 nitrogen and oxygen atoms in total. The average molecular weight is 174 g/mol. The number of hydrogen-bond acceptors (Lipinski definition) is 1. The van der Waals surface area contributed by atoms with Crippen LogP contribution in [0.2, 0.25) is 0 Å². The topological polar surface area (TPSA) is 17.1 Å². The molecule has 1 aromatic rings. The number of ketones is 1. The number of carbonyl (C=O) groups excluding carboxylic acids is 1. The molecule has 1 heteroatoms. The first-order valence-corrected chi connectivity index (χ1v) is 4.45. The van der Waals surface area contributed by atoms with Gasteiger partial charge in [0, 0.05) is 5.56 Å². The van der Waals surface area contributed by atoms with Crippen LogP contribution in [0.4, 0.5) is 0 Å². The second-order valence-electron chi connectivity index (χ2n) is 2.99. The molecule has 0 atom stereocenters. The van der Waals surface area contributed by atoms with Crippen molar-refractivity contribution in [3.05, 3.63) is 47.5 Å². The van der Waals surface area contributed by atoms with Gasteiger partial charge >= 0.3 is 0 Å². The fourth-order valence-electron chi connectivity index (χ4n) is 1.29. The van der Waals surface area contributed by atoms with Crippen LogP contribution < -0.4 is 0 Å². The zero-order chi connectivity index (χ0) is 9.68. The van der Waals surface area contributed by atoms with Gasteiger partial charge < -0.3 is 0 Å². The first-order valence-electron chi connectivity index (χ1n) is 4.45. The van der Waals surface area contributed by atoms with Gasteiger partial charge in [-0.3, -0.25) is 4.79 Å². The molecule has 68 valence electrons. The van der Waals surface area contributed by atoms with Gasteiger partial charge in [-0.2, -0.15) is 0 Å². The van der Waals surface area contributed by atoms with Crippen molar-refractivity contribution in [2.45, 2.75) is 20.3 Å². The molecular weight excluding hydrogens is 160 g/mol. The van der Waals surface area contributed by atoms with Crippen molar-refractivity contribution in [1.82, 2.24) is 0 Å². The number of carbonyl (C=O) groups is 1. The number of benzene rings is 1. The molecule has 0 aromatic heterocycles. The molecule has 0 aliphatic rings. The van der Waals surface area contributed by atoms with Crippen LogP contribution in [-0.4, -0.2) is 5.78 Å². The average Bonchev–Trinajstić information content (AvgIpc) is 2.15. The third-order valence-electron chi connectivity index (χ3n) is 1.97. The number of allylic oxidation sites excluding steroid dienone is 2. The van der Waals surface area contributed by atoms with Gasteiger partial charge in [-0.25, -0.2) is 0 Å². The van der Waals surface area contributed by atoms with E-state index in [1.807, 2.05) is 37.3 Å². The minimum atomic E-state index is 0.139. The molecular formula is C12H14O. The van der Waals surface area contributed by atoms with Gasteiger partial charge in [0.1, 0.15) is 0 Å². The molecule has 0 aliphatic heterocycles. The molecule has 13 heavy (non-hydrogen) atoms. The van der Waals surface area contributed by atoms with Crippen LogP contribution in [0.1, 0.15) is 29.8 Å². The molecule has 0 fully saturated rings. The first-order chi connectivity index (χ1) is 6.25. The molecule has 1 rings (SSSR count). The highest BCUT2D eigenvalue weighted by molar-refractivity contribution is 5.95. The van der Waals surface area contributed by atoms with E-state index in [9.17, 15) is 4.79 Å². The predicted octanol–water partition coefficient (Wildman–Crippen LogP) is 3.01. The van der Waals surface area contributed by atoms with Crippen LogP contribution >= 0.6 is 0 Å². The molecule has 0 unspecified atom stereocenters. The van der Waals surface area contributed by atoms with E-state index in [4.69, 9.17) is 0 Å². The van der Waals surface area contributed by atoms with E-state index in [-0.39, 0.29) is 5.78 Å². The van der Waals surface area contributed by atoms with Crippen molar-refractivity contribution in [2.24, 2.45) is 0 Å². The first kappa shape index (κ1) is 9.72. The van der Waals surface area contributed by atoms with Crippen LogP contribution in [0.3, 0.4) is 0 Å². The fourth-order valence-corrected chi connectivity index (χ4v) is 1.29. The largest absolute Gasteiger partial charge is 0.295 e. The van der Waals surface area contributed by atoms with Crippen molar-refractivity contribution in [1.29, 1.82) is 0 Å². The molecule has 0 saturated carbocycles. The van der Waals surface area contributed by atoms with Gasteiger partial charge in [0.05, 0.1) is 0 Å². The standard InChI is InChI=1S/C12H14O/c1-3-4-7-11-8-5-6-9-12(11)10(2)13/h3-6,8-9H,7H2,1-2H3. The Balaban J connectivity index is 2.97. The van der Waals surface area contributed by atoms with Crippen molar-refractivity contribution < 1.29 is 4.79 Å². The van der Waals surface area contributed by atoms with E-state index in [0.717, 1.165) is 17.5 Å². The van der Waals surface area contributed by atoms with Crippen LogP contribution in [0.15, 0.2) is 36.4 Å². The maximum absolute atomic E-state index is 11.2. The van der Waals surface area contributed by atoms with Crippen LogP contribution in [-0.2, 0) is 6.42 Å². The summed E-state index contributed by atoms with van der Waals surface area (Å²) in [7, 11) is 0. The summed E-state index contributed by atoms with van der Waals surface area (Å²) in [4.78, 5) is 11.2. The smallest absolute Gasteiger partial charge is 0.160 e. The predicted molar refractivity (Wildman–Crippen MR) is 55.0 cm³/mol. The minimum absolute atomic E-state index is 0.139. The summed E-state index contributed by atoms with van der Waals surface area (Å²) in [5, 5.41) is 0. The van der Waals surface area contributed by atoms with Crippen molar-refractivity contribution in [3.8, 4) is 0 Å². The number of hydrogen-bond donors (Lipinski definition) is 0. The van der Waals surface area contributed by atoms with Crippen molar-refractivity contribution in [2.75, 3.05) is 0 Å². The lowest BCUT2D eigenvalue weighted by Gasteiger charge is -2.02. The van der Waals surface area contributed by atoms with E-state index in [2.05, 4.69) is 6.08 Å². The molecule has 0 saturated heterocycles. The third-order valence-corrected chi connectivity index (χ3v) is 1.97. The fraction of sp³-hybridized carbons (Fsp3) is 0.250. The Labute approximate surface area is 79.1 Å². The Morgan fingerprint density at radius 1 is 1.38 bits per heavy atom. The molecule has 0 spiro atoms. The highest BCUT2D eigenvalue weighted by atomic mass is 16.1. The number of rotatable bonds is 3. The van der Waals surface area contributed by atoms with E-state index >= 15 is 0 Å². The molecule has 0 aliphatic carbocycles. The maximum Gasteiger partial charge on any atom is 0.160 e. The molecule has 0 radical (unpaired) electrons. The zero-order valence-electron chi connectivity index (χ0n) is 8.08. The summed E-state index contributed by atoms with van der Waals surface area (Å²) < 4.78 is 0. The Kier molecular flexibility index (Phi) is 3.44. The van der Waals surface area contributed by atoms with E-state index in [1.165, 1.54) is 0 Å². The van der Waals surface area contributed by atoms with Gasteiger partial charge in [-0.15, -0.1) is 0 Å². The summed E-state index contributed by atoms with van der Waals surface area (Å²) in [6, 6.07) is 7.74. The van der Waals surface area contributed by atoms with E-state index in [1.54, 1.807) is 6.92 Å². The van der Waals surface area contributed by atoms with Crippen molar-refractivity contribution in [3.63, 3.8) is 0 Å². The van der Waals surface area contributed by atoms with Crippen LogP contribution in [0.25, 0.3) is 0 Å². The van der Waals surface area contributed by atoms with Gasteiger partial charge in [-0.1, -0.05) is 36.4 Å². The maximum atomic E-state index is 11.2.